The Bertz CT molecular complexity index is 815. The zero-order chi connectivity index (χ0) is 21.3. The number of carbonyl (C=O) groups excluding carboxylic acids is 2. The van der Waals surface area contributed by atoms with Crippen LogP contribution >= 0.6 is 0 Å². The van der Waals surface area contributed by atoms with E-state index in [0.717, 1.165) is 44.5 Å². The van der Waals surface area contributed by atoms with Gasteiger partial charge in [0.1, 0.15) is 5.69 Å². The summed E-state index contributed by atoms with van der Waals surface area (Å²) in [5, 5.41) is 0. The Hall–Kier alpha value is -2.76. The molecule has 160 valence electrons. The number of hydrogen-bond donors (Lipinski definition) is 0. The normalized spacial score (nSPS) is 14.5. The molecule has 6 nitrogen and oxygen atoms in total. The highest BCUT2D eigenvalue weighted by Crippen LogP contribution is 2.22. The third-order valence-corrected chi connectivity index (χ3v) is 5.71. The van der Waals surface area contributed by atoms with Crippen LogP contribution in [0, 0.1) is 12.8 Å². The highest BCUT2D eigenvalue weighted by atomic mass is 16.2. The first kappa shape index (κ1) is 21.9. The quantitative estimate of drug-likeness (QED) is 0.670. The SMILES string of the molecule is CCCN(CCC(=O)N1CCC(Cc2ccccc2)CC1)C(=O)c1cnc(C)cn1. The molecule has 0 aliphatic carbocycles. The first-order valence-electron chi connectivity index (χ1n) is 11.0. The van der Waals surface area contributed by atoms with Crippen molar-refractivity contribution < 1.29 is 9.59 Å². The second-order valence-electron chi connectivity index (χ2n) is 8.10. The van der Waals surface area contributed by atoms with Crippen LogP contribution in [0.1, 0.15) is 54.4 Å². The van der Waals surface area contributed by atoms with Crippen molar-refractivity contribution in [2.24, 2.45) is 5.92 Å². The molecule has 1 aromatic carbocycles. The Morgan fingerprint density at radius 3 is 2.43 bits per heavy atom. The molecule has 2 aromatic rings. The minimum absolute atomic E-state index is 0.136. The molecule has 2 heterocycles. The van der Waals surface area contributed by atoms with Crippen LogP contribution in [0.5, 0.6) is 0 Å². The number of likely N-dealkylation sites (tertiary alicyclic amines) is 1. The third-order valence-electron chi connectivity index (χ3n) is 5.71. The topological polar surface area (TPSA) is 66.4 Å². The van der Waals surface area contributed by atoms with Gasteiger partial charge in [0.15, 0.2) is 0 Å². The largest absolute Gasteiger partial charge is 0.343 e. The van der Waals surface area contributed by atoms with Gasteiger partial charge in [-0.05, 0) is 44.1 Å². The number of hydrogen-bond acceptors (Lipinski definition) is 4. The van der Waals surface area contributed by atoms with E-state index in [2.05, 4.69) is 34.2 Å². The van der Waals surface area contributed by atoms with Crippen LogP contribution in [0.2, 0.25) is 0 Å². The Kier molecular flexibility index (Phi) is 7.94. The molecular formula is C24H32N4O2. The highest BCUT2D eigenvalue weighted by molar-refractivity contribution is 5.92. The molecule has 1 aliphatic rings. The van der Waals surface area contributed by atoms with Gasteiger partial charge in [-0.2, -0.15) is 0 Å². The molecule has 0 spiro atoms. The summed E-state index contributed by atoms with van der Waals surface area (Å²) in [5.41, 5.74) is 2.48. The number of nitrogens with zero attached hydrogens (tertiary/aromatic N) is 4. The smallest absolute Gasteiger partial charge is 0.274 e. The summed E-state index contributed by atoms with van der Waals surface area (Å²) >= 11 is 0. The van der Waals surface area contributed by atoms with Gasteiger partial charge < -0.3 is 9.80 Å². The molecule has 2 amide bonds. The molecule has 1 fully saturated rings. The maximum Gasteiger partial charge on any atom is 0.274 e. The van der Waals surface area contributed by atoms with E-state index in [-0.39, 0.29) is 11.8 Å². The van der Waals surface area contributed by atoms with E-state index in [0.29, 0.717) is 31.1 Å². The molecule has 0 atom stereocenters. The van der Waals surface area contributed by atoms with E-state index in [1.54, 1.807) is 11.1 Å². The minimum atomic E-state index is -0.154. The lowest BCUT2D eigenvalue weighted by molar-refractivity contribution is -0.132. The van der Waals surface area contributed by atoms with Gasteiger partial charge in [-0.1, -0.05) is 37.3 Å². The predicted molar refractivity (Wildman–Crippen MR) is 117 cm³/mol. The number of piperidine rings is 1. The van der Waals surface area contributed by atoms with Crippen molar-refractivity contribution in [2.75, 3.05) is 26.2 Å². The summed E-state index contributed by atoms with van der Waals surface area (Å²) in [6.07, 6.45) is 7.47. The van der Waals surface area contributed by atoms with Crippen molar-refractivity contribution in [1.29, 1.82) is 0 Å². The molecule has 1 aromatic heterocycles. The van der Waals surface area contributed by atoms with Crippen LogP contribution in [-0.4, -0.2) is 57.8 Å². The zero-order valence-corrected chi connectivity index (χ0v) is 18.1. The zero-order valence-electron chi connectivity index (χ0n) is 18.1. The number of amides is 2. The van der Waals surface area contributed by atoms with E-state index in [4.69, 9.17) is 0 Å². The Balaban J connectivity index is 1.47. The summed E-state index contributed by atoms with van der Waals surface area (Å²) in [6, 6.07) is 10.6. The van der Waals surface area contributed by atoms with Gasteiger partial charge in [-0.3, -0.25) is 14.6 Å². The standard InChI is InChI=1S/C24H32N4O2/c1-3-12-28(24(30)22-18-25-19(2)17-26-22)15-11-23(29)27-13-9-21(10-14-27)16-20-7-5-4-6-8-20/h4-8,17-18,21H,3,9-16H2,1-2H3. The van der Waals surface area contributed by atoms with Crippen molar-refractivity contribution in [3.05, 3.63) is 59.7 Å². The first-order valence-corrected chi connectivity index (χ1v) is 11.0. The highest BCUT2D eigenvalue weighted by Gasteiger charge is 2.24. The van der Waals surface area contributed by atoms with Crippen LogP contribution in [0.3, 0.4) is 0 Å². The first-order chi connectivity index (χ1) is 14.6. The summed E-state index contributed by atoms with van der Waals surface area (Å²) in [4.78, 5) is 37.5. The van der Waals surface area contributed by atoms with Crippen LogP contribution in [0.4, 0.5) is 0 Å². The lowest BCUT2D eigenvalue weighted by Gasteiger charge is -2.33. The molecule has 3 rings (SSSR count). The number of aromatic nitrogens is 2. The van der Waals surface area contributed by atoms with E-state index in [9.17, 15) is 9.59 Å². The van der Waals surface area contributed by atoms with Crippen LogP contribution in [0.25, 0.3) is 0 Å². The fraction of sp³-hybridized carbons (Fsp3) is 0.500. The van der Waals surface area contributed by atoms with Gasteiger partial charge in [0.05, 0.1) is 11.9 Å². The van der Waals surface area contributed by atoms with Crippen molar-refractivity contribution >= 4 is 11.8 Å². The van der Waals surface area contributed by atoms with E-state index < -0.39 is 0 Å². The third kappa shape index (κ3) is 6.12. The molecular weight excluding hydrogens is 376 g/mol. The Morgan fingerprint density at radius 2 is 1.80 bits per heavy atom. The average molecular weight is 409 g/mol. The monoisotopic (exact) mass is 408 g/mol. The maximum absolute atomic E-state index is 12.7. The molecule has 0 radical (unpaired) electrons. The van der Waals surface area contributed by atoms with E-state index in [1.807, 2.05) is 24.8 Å². The minimum Gasteiger partial charge on any atom is -0.343 e. The molecule has 30 heavy (non-hydrogen) atoms. The van der Waals surface area contributed by atoms with Crippen molar-refractivity contribution in [1.82, 2.24) is 19.8 Å². The number of aryl methyl sites for hydroxylation is 1. The van der Waals surface area contributed by atoms with E-state index in [1.165, 1.54) is 11.8 Å². The van der Waals surface area contributed by atoms with Crippen LogP contribution in [-0.2, 0) is 11.2 Å². The molecule has 1 saturated heterocycles. The summed E-state index contributed by atoms with van der Waals surface area (Å²) in [6.45, 7) is 6.52. The van der Waals surface area contributed by atoms with Gasteiger partial charge in [-0.15, -0.1) is 0 Å². The lowest BCUT2D eigenvalue weighted by atomic mass is 9.90. The second-order valence-corrected chi connectivity index (χ2v) is 8.10. The summed E-state index contributed by atoms with van der Waals surface area (Å²) in [7, 11) is 0. The van der Waals surface area contributed by atoms with Gasteiger partial charge in [0.2, 0.25) is 5.91 Å². The van der Waals surface area contributed by atoms with Crippen molar-refractivity contribution in [3.8, 4) is 0 Å². The number of carbonyl (C=O) groups is 2. The molecule has 0 bridgehead atoms. The predicted octanol–water partition coefficient (Wildman–Crippen LogP) is 3.51. The molecule has 6 heteroatoms. The van der Waals surface area contributed by atoms with Gasteiger partial charge >= 0.3 is 0 Å². The fourth-order valence-corrected chi connectivity index (χ4v) is 3.97. The second kappa shape index (κ2) is 10.9. The molecule has 0 saturated carbocycles. The maximum atomic E-state index is 12.7. The fourth-order valence-electron chi connectivity index (χ4n) is 3.97. The Labute approximate surface area is 179 Å². The molecule has 0 unspecified atom stereocenters. The van der Waals surface area contributed by atoms with Gasteiger partial charge in [-0.25, -0.2) is 4.98 Å². The van der Waals surface area contributed by atoms with Crippen molar-refractivity contribution in [3.63, 3.8) is 0 Å². The number of benzene rings is 1. The Morgan fingerprint density at radius 1 is 1.07 bits per heavy atom. The van der Waals surface area contributed by atoms with E-state index >= 15 is 0 Å². The van der Waals surface area contributed by atoms with Gasteiger partial charge in [0, 0.05) is 38.8 Å². The van der Waals surface area contributed by atoms with Crippen LogP contribution < -0.4 is 0 Å². The van der Waals surface area contributed by atoms with Crippen LogP contribution in [0.15, 0.2) is 42.7 Å². The molecule has 1 aliphatic heterocycles. The number of rotatable bonds is 8. The van der Waals surface area contributed by atoms with Crippen molar-refractivity contribution in [2.45, 2.75) is 46.0 Å². The lowest BCUT2D eigenvalue weighted by Crippen LogP contribution is -2.41. The summed E-state index contributed by atoms with van der Waals surface area (Å²) in [5.74, 6) is 0.616. The molecule has 0 N–H and O–H groups in total. The van der Waals surface area contributed by atoms with Gasteiger partial charge in [0.25, 0.3) is 5.91 Å². The average Bonchev–Trinajstić information content (AvgIpc) is 2.77. The summed E-state index contributed by atoms with van der Waals surface area (Å²) < 4.78 is 0.